The van der Waals surface area contributed by atoms with Crippen molar-refractivity contribution in [1.82, 2.24) is 15.5 Å². The number of aliphatic imine (C=N–C) groups is 1. The normalized spacial score (nSPS) is 22.2. The molecule has 6 nitrogen and oxygen atoms in total. The lowest BCUT2D eigenvalue weighted by atomic mass is 9.99. The Hall–Kier alpha value is -1.93. The van der Waals surface area contributed by atoms with Crippen LogP contribution in [0.2, 0.25) is 0 Å². The lowest BCUT2D eigenvalue weighted by molar-refractivity contribution is -0.0704. The summed E-state index contributed by atoms with van der Waals surface area (Å²) in [7, 11) is 0. The molecule has 2 heterocycles. The SMILES string of the molecule is CCNC(=NCc1ccc(CN2CC(C)OC(C)C2)cc1)NCC(C)(O)c1ccsc1. The predicted octanol–water partition coefficient (Wildman–Crippen LogP) is 3.32. The zero-order chi connectivity index (χ0) is 22.3. The highest BCUT2D eigenvalue weighted by Crippen LogP contribution is 2.22. The maximum atomic E-state index is 10.7. The molecule has 0 amide bonds. The number of aliphatic hydroxyl groups is 1. The highest BCUT2D eigenvalue weighted by Gasteiger charge is 2.24. The van der Waals surface area contributed by atoms with Gasteiger partial charge in [0, 0.05) is 26.2 Å². The summed E-state index contributed by atoms with van der Waals surface area (Å²) in [5.41, 5.74) is 2.45. The van der Waals surface area contributed by atoms with Crippen molar-refractivity contribution in [3.8, 4) is 0 Å². The van der Waals surface area contributed by atoms with Gasteiger partial charge in [-0.3, -0.25) is 4.90 Å². The van der Waals surface area contributed by atoms with E-state index in [1.807, 2.05) is 30.7 Å². The second kappa shape index (κ2) is 11.1. The van der Waals surface area contributed by atoms with Gasteiger partial charge in [-0.05, 0) is 61.2 Å². The maximum absolute atomic E-state index is 10.7. The zero-order valence-electron chi connectivity index (χ0n) is 19.1. The molecule has 3 rings (SSSR count). The summed E-state index contributed by atoms with van der Waals surface area (Å²) in [5.74, 6) is 0.707. The second-order valence-electron chi connectivity index (χ2n) is 8.60. The number of benzene rings is 1. The standard InChI is InChI=1S/C24H36N4O2S/c1-5-25-23(27-17-24(4,29)22-10-11-31-16-22)26-12-20-6-8-21(9-7-20)15-28-13-18(2)30-19(3)14-28/h6-11,16,18-19,29H,5,12-15,17H2,1-4H3,(H2,25,26,27). The average Bonchev–Trinajstić information content (AvgIpc) is 3.26. The molecule has 1 saturated heterocycles. The molecule has 3 atom stereocenters. The van der Waals surface area contributed by atoms with Crippen molar-refractivity contribution in [2.45, 2.75) is 58.6 Å². The van der Waals surface area contributed by atoms with Crippen LogP contribution in [0.4, 0.5) is 0 Å². The van der Waals surface area contributed by atoms with Crippen molar-refractivity contribution in [3.63, 3.8) is 0 Å². The van der Waals surface area contributed by atoms with Gasteiger partial charge in [-0.25, -0.2) is 4.99 Å². The molecule has 3 unspecified atom stereocenters. The molecule has 1 aliphatic rings. The fourth-order valence-corrected chi connectivity index (χ4v) is 4.65. The van der Waals surface area contributed by atoms with Gasteiger partial charge < -0.3 is 20.5 Å². The first-order valence-electron chi connectivity index (χ1n) is 11.1. The molecule has 2 aromatic rings. The number of rotatable bonds is 8. The number of guanidine groups is 1. The molecule has 0 aliphatic carbocycles. The van der Waals surface area contributed by atoms with Crippen LogP contribution >= 0.6 is 11.3 Å². The fraction of sp³-hybridized carbons (Fsp3) is 0.542. The summed E-state index contributed by atoms with van der Waals surface area (Å²) >= 11 is 1.59. The number of hydrogen-bond donors (Lipinski definition) is 3. The van der Waals surface area contributed by atoms with Crippen molar-refractivity contribution in [3.05, 3.63) is 57.8 Å². The molecule has 0 spiro atoms. The maximum Gasteiger partial charge on any atom is 0.191 e. The highest BCUT2D eigenvalue weighted by molar-refractivity contribution is 7.08. The quantitative estimate of drug-likeness (QED) is 0.430. The van der Waals surface area contributed by atoms with Crippen LogP contribution < -0.4 is 10.6 Å². The van der Waals surface area contributed by atoms with E-state index in [0.717, 1.165) is 37.3 Å². The van der Waals surface area contributed by atoms with Gasteiger partial charge in [-0.1, -0.05) is 24.3 Å². The topological polar surface area (TPSA) is 69.1 Å². The Morgan fingerprint density at radius 2 is 1.84 bits per heavy atom. The third-order valence-corrected chi connectivity index (χ3v) is 6.11. The summed E-state index contributed by atoms with van der Waals surface area (Å²) in [6.07, 6.45) is 0.574. The molecule has 7 heteroatoms. The Morgan fingerprint density at radius 1 is 1.16 bits per heavy atom. The minimum Gasteiger partial charge on any atom is -0.384 e. The molecule has 0 bridgehead atoms. The summed E-state index contributed by atoms with van der Waals surface area (Å²) in [4.78, 5) is 7.15. The Kier molecular flexibility index (Phi) is 8.49. The first kappa shape index (κ1) is 23.7. The zero-order valence-corrected chi connectivity index (χ0v) is 19.9. The van der Waals surface area contributed by atoms with Gasteiger partial charge in [-0.2, -0.15) is 11.3 Å². The van der Waals surface area contributed by atoms with Crippen LogP contribution in [0.15, 0.2) is 46.1 Å². The number of morpholine rings is 1. The molecule has 3 N–H and O–H groups in total. The van der Waals surface area contributed by atoms with E-state index in [2.05, 4.69) is 53.6 Å². The van der Waals surface area contributed by atoms with Crippen LogP contribution in [0.3, 0.4) is 0 Å². The van der Waals surface area contributed by atoms with Gasteiger partial charge in [-0.15, -0.1) is 0 Å². The van der Waals surface area contributed by atoms with Crippen molar-refractivity contribution in [1.29, 1.82) is 0 Å². The van der Waals surface area contributed by atoms with Crippen LogP contribution in [-0.4, -0.2) is 54.4 Å². The molecule has 170 valence electrons. The summed E-state index contributed by atoms with van der Waals surface area (Å²) < 4.78 is 5.83. The van der Waals surface area contributed by atoms with E-state index in [1.165, 1.54) is 5.56 Å². The summed E-state index contributed by atoms with van der Waals surface area (Å²) in [5, 5.41) is 21.2. The first-order chi connectivity index (χ1) is 14.9. The van der Waals surface area contributed by atoms with Crippen LogP contribution in [0.5, 0.6) is 0 Å². The predicted molar refractivity (Wildman–Crippen MR) is 128 cm³/mol. The molecule has 1 aromatic carbocycles. The Labute approximate surface area is 190 Å². The van der Waals surface area contributed by atoms with Gasteiger partial charge >= 0.3 is 0 Å². The summed E-state index contributed by atoms with van der Waals surface area (Å²) in [6.45, 7) is 12.8. The van der Waals surface area contributed by atoms with Crippen LogP contribution in [0, 0.1) is 0 Å². The number of thiophene rings is 1. The third kappa shape index (κ3) is 7.31. The van der Waals surface area contributed by atoms with E-state index >= 15 is 0 Å². The molecule has 1 aromatic heterocycles. The number of hydrogen-bond acceptors (Lipinski definition) is 5. The van der Waals surface area contributed by atoms with E-state index in [1.54, 1.807) is 11.3 Å². The highest BCUT2D eigenvalue weighted by atomic mass is 32.1. The Balaban J connectivity index is 1.54. The van der Waals surface area contributed by atoms with Crippen LogP contribution in [0.25, 0.3) is 0 Å². The number of nitrogens with one attached hydrogen (secondary N) is 2. The van der Waals surface area contributed by atoms with Crippen LogP contribution in [0.1, 0.15) is 44.4 Å². The molecular weight excluding hydrogens is 408 g/mol. The Morgan fingerprint density at radius 3 is 2.45 bits per heavy atom. The molecular formula is C24H36N4O2S. The monoisotopic (exact) mass is 444 g/mol. The first-order valence-corrected chi connectivity index (χ1v) is 12.0. The van der Waals surface area contributed by atoms with Gasteiger partial charge in [0.1, 0.15) is 5.60 Å². The van der Waals surface area contributed by atoms with Gasteiger partial charge in [0.2, 0.25) is 0 Å². The number of ether oxygens (including phenoxy) is 1. The van der Waals surface area contributed by atoms with Crippen LogP contribution in [-0.2, 0) is 23.4 Å². The van der Waals surface area contributed by atoms with Gasteiger partial charge in [0.25, 0.3) is 0 Å². The summed E-state index contributed by atoms with van der Waals surface area (Å²) in [6, 6.07) is 10.6. The minimum atomic E-state index is -0.938. The van der Waals surface area contributed by atoms with Crippen molar-refractivity contribution in [2.24, 2.45) is 4.99 Å². The number of nitrogens with zero attached hydrogens (tertiary/aromatic N) is 2. The Bertz CT molecular complexity index is 811. The van der Waals surface area contributed by atoms with Crippen molar-refractivity contribution >= 4 is 17.3 Å². The van der Waals surface area contributed by atoms with Gasteiger partial charge in [0.15, 0.2) is 5.96 Å². The third-order valence-electron chi connectivity index (χ3n) is 5.43. The second-order valence-corrected chi connectivity index (χ2v) is 9.38. The molecule has 0 radical (unpaired) electrons. The van der Waals surface area contributed by atoms with Crippen molar-refractivity contribution in [2.75, 3.05) is 26.2 Å². The van der Waals surface area contributed by atoms with Gasteiger partial charge in [0.05, 0.1) is 25.3 Å². The smallest absolute Gasteiger partial charge is 0.191 e. The van der Waals surface area contributed by atoms with E-state index in [0.29, 0.717) is 19.0 Å². The minimum absolute atomic E-state index is 0.287. The van der Waals surface area contributed by atoms with Crippen molar-refractivity contribution < 1.29 is 9.84 Å². The molecule has 31 heavy (non-hydrogen) atoms. The largest absolute Gasteiger partial charge is 0.384 e. The average molecular weight is 445 g/mol. The van der Waals surface area contributed by atoms with E-state index < -0.39 is 5.60 Å². The van der Waals surface area contributed by atoms with E-state index in [9.17, 15) is 5.11 Å². The molecule has 1 fully saturated rings. The van der Waals surface area contributed by atoms with E-state index in [-0.39, 0.29) is 12.2 Å². The van der Waals surface area contributed by atoms with E-state index in [4.69, 9.17) is 9.73 Å². The lowest BCUT2D eigenvalue weighted by Gasteiger charge is -2.35. The molecule has 0 saturated carbocycles. The lowest BCUT2D eigenvalue weighted by Crippen LogP contribution is -2.44. The molecule has 1 aliphatic heterocycles. The fourth-order valence-electron chi connectivity index (χ4n) is 3.86.